The first kappa shape index (κ1) is 23.0. The molecule has 3 aromatic rings. The summed E-state index contributed by atoms with van der Waals surface area (Å²) >= 11 is 0. The molecule has 34 heavy (non-hydrogen) atoms. The summed E-state index contributed by atoms with van der Waals surface area (Å²) in [7, 11) is 1.56. The maximum atomic E-state index is 13.4. The van der Waals surface area contributed by atoms with E-state index in [2.05, 4.69) is 9.73 Å². The number of guanidine groups is 1. The summed E-state index contributed by atoms with van der Waals surface area (Å²) in [5.74, 6) is -2.46. The Morgan fingerprint density at radius 1 is 0.971 bits per heavy atom. The Bertz CT molecular complexity index is 1270. The third-order valence-electron chi connectivity index (χ3n) is 5.57. The van der Waals surface area contributed by atoms with Gasteiger partial charge in [0.05, 0.1) is 0 Å². The normalized spacial score (nSPS) is 18.1. The Morgan fingerprint density at radius 2 is 1.59 bits per heavy atom. The van der Waals surface area contributed by atoms with E-state index in [1.165, 1.54) is 4.90 Å². The zero-order chi connectivity index (χ0) is 24.5. The summed E-state index contributed by atoms with van der Waals surface area (Å²) in [6.45, 7) is -0.524. The Kier molecular flexibility index (Phi) is 5.87. The first-order chi connectivity index (χ1) is 16.1. The topological polar surface area (TPSA) is 85.0 Å². The van der Waals surface area contributed by atoms with Crippen molar-refractivity contribution in [2.75, 3.05) is 7.05 Å². The van der Waals surface area contributed by atoms with Crippen LogP contribution in [0.1, 0.15) is 16.7 Å². The lowest BCUT2D eigenvalue weighted by Crippen LogP contribution is -2.41. The molecule has 4 rings (SSSR count). The molecule has 0 aliphatic carbocycles. The standard InChI is InChI=1S/C25H20F3N3O3/c1-31-21(32)24(30-23(31)29,19-10-3-2-4-11-19)20-12-6-9-18(14-20)17-8-5-7-16(13-17)15-34-22(33)25(26,27)28/h2-14H,15H2,1H3,(H2,29,30). The van der Waals surface area contributed by atoms with Gasteiger partial charge in [-0.3, -0.25) is 9.69 Å². The van der Waals surface area contributed by atoms with Crippen molar-refractivity contribution in [1.29, 1.82) is 0 Å². The summed E-state index contributed by atoms with van der Waals surface area (Å²) in [6.07, 6.45) is -5.05. The zero-order valence-electron chi connectivity index (χ0n) is 18.0. The monoisotopic (exact) mass is 467 g/mol. The summed E-state index contributed by atoms with van der Waals surface area (Å²) in [4.78, 5) is 30.2. The molecule has 0 radical (unpaired) electrons. The number of alkyl halides is 3. The van der Waals surface area contributed by atoms with E-state index in [-0.39, 0.29) is 11.9 Å². The van der Waals surface area contributed by atoms with Crippen molar-refractivity contribution in [1.82, 2.24) is 4.90 Å². The summed E-state index contributed by atoms with van der Waals surface area (Å²) in [5.41, 5.74) is 7.64. The summed E-state index contributed by atoms with van der Waals surface area (Å²) < 4.78 is 41.6. The lowest BCUT2D eigenvalue weighted by molar-refractivity contribution is -0.201. The van der Waals surface area contributed by atoms with Crippen molar-refractivity contribution in [3.05, 3.63) is 95.6 Å². The number of amides is 1. The summed E-state index contributed by atoms with van der Waals surface area (Å²) in [6, 6.07) is 22.8. The predicted molar refractivity (Wildman–Crippen MR) is 119 cm³/mol. The number of ether oxygens (including phenoxy) is 1. The minimum absolute atomic E-state index is 0.0905. The van der Waals surface area contributed by atoms with Crippen LogP contribution < -0.4 is 5.73 Å². The molecule has 1 amide bonds. The zero-order valence-corrected chi connectivity index (χ0v) is 18.0. The molecule has 0 spiro atoms. The van der Waals surface area contributed by atoms with Gasteiger partial charge < -0.3 is 10.5 Å². The molecule has 1 unspecified atom stereocenters. The van der Waals surface area contributed by atoms with Crippen molar-refractivity contribution in [2.24, 2.45) is 10.7 Å². The number of hydrogen-bond acceptors (Lipinski definition) is 5. The maximum Gasteiger partial charge on any atom is 0.490 e. The van der Waals surface area contributed by atoms with Gasteiger partial charge in [-0.05, 0) is 39.9 Å². The van der Waals surface area contributed by atoms with Crippen LogP contribution in [0.25, 0.3) is 11.1 Å². The number of aliphatic imine (C=N–C) groups is 1. The number of carbonyl (C=O) groups is 2. The SMILES string of the molecule is CN1C(=O)C(c2ccccc2)(c2cccc(-c3cccc(COC(=O)C(F)(F)F)c3)c2)N=C1N. The van der Waals surface area contributed by atoms with Crippen LogP contribution in [0.15, 0.2) is 83.9 Å². The largest absolute Gasteiger partial charge is 0.490 e. The third-order valence-corrected chi connectivity index (χ3v) is 5.57. The second-order valence-electron chi connectivity index (χ2n) is 7.77. The van der Waals surface area contributed by atoms with Crippen molar-refractivity contribution in [2.45, 2.75) is 18.3 Å². The van der Waals surface area contributed by atoms with Gasteiger partial charge in [-0.15, -0.1) is 0 Å². The second-order valence-corrected chi connectivity index (χ2v) is 7.77. The Hall–Kier alpha value is -4.14. The molecule has 2 N–H and O–H groups in total. The third kappa shape index (κ3) is 4.12. The van der Waals surface area contributed by atoms with Gasteiger partial charge in [0.25, 0.3) is 5.91 Å². The summed E-state index contributed by atoms with van der Waals surface area (Å²) in [5, 5.41) is 0. The van der Waals surface area contributed by atoms with Gasteiger partial charge in [-0.1, -0.05) is 66.7 Å². The molecule has 6 nitrogen and oxygen atoms in total. The number of likely N-dealkylation sites (N-methyl/N-ethyl adjacent to an activating group) is 1. The lowest BCUT2D eigenvalue weighted by atomic mass is 9.81. The Morgan fingerprint density at radius 3 is 2.21 bits per heavy atom. The number of carbonyl (C=O) groups excluding carboxylic acids is 2. The highest BCUT2D eigenvalue weighted by atomic mass is 19.4. The van der Waals surface area contributed by atoms with Gasteiger partial charge in [0.1, 0.15) is 6.61 Å². The van der Waals surface area contributed by atoms with Gasteiger partial charge in [-0.2, -0.15) is 13.2 Å². The van der Waals surface area contributed by atoms with Crippen molar-refractivity contribution in [3.63, 3.8) is 0 Å². The minimum Gasteiger partial charge on any atom is -0.454 e. The van der Waals surface area contributed by atoms with Crippen LogP contribution in [0.4, 0.5) is 13.2 Å². The molecule has 0 bridgehead atoms. The molecular weight excluding hydrogens is 447 g/mol. The van der Waals surface area contributed by atoms with Crippen LogP contribution >= 0.6 is 0 Å². The fourth-order valence-corrected chi connectivity index (χ4v) is 3.86. The van der Waals surface area contributed by atoms with Crippen molar-refractivity contribution in [3.8, 4) is 11.1 Å². The average Bonchev–Trinajstić information content (AvgIpc) is 3.07. The van der Waals surface area contributed by atoms with Crippen LogP contribution in [-0.2, 0) is 26.5 Å². The first-order valence-electron chi connectivity index (χ1n) is 10.3. The number of hydrogen-bond donors (Lipinski definition) is 1. The molecule has 0 saturated carbocycles. The molecular formula is C25H20F3N3O3. The van der Waals surface area contributed by atoms with Crippen LogP contribution in [0.2, 0.25) is 0 Å². The van der Waals surface area contributed by atoms with E-state index < -0.39 is 24.3 Å². The molecule has 0 fully saturated rings. The van der Waals surface area contributed by atoms with E-state index in [1.807, 2.05) is 18.2 Å². The van der Waals surface area contributed by atoms with Gasteiger partial charge in [0.2, 0.25) is 0 Å². The van der Waals surface area contributed by atoms with Crippen molar-refractivity contribution < 1.29 is 27.5 Å². The van der Waals surface area contributed by atoms with Crippen LogP contribution in [0.5, 0.6) is 0 Å². The molecule has 1 heterocycles. The second kappa shape index (κ2) is 8.66. The Labute approximate surface area is 193 Å². The quantitative estimate of drug-likeness (QED) is 0.575. The first-order valence-corrected chi connectivity index (χ1v) is 10.3. The van der Waals surface area contributed by atoms with Crippen LogP contribution in [-0.4, -0.2) is 36.0 Å². The minimum atomic E-state index is -5.05. The van der Waals surface area contributed by atoms with Gasteiger partial charge in [0, 0.05) is 7.05 Å². The molecule has 9 heteroatoms. The predicted octanol–water partition coefficient (Wildman–Crippen LogP) is 3.99. The number of benzene rings is 3. The number of nitrogens with two attached hydrogens (primary N) is 1. The van der Waals surface area contributed by atoms with E-state index in [0.717, 1.165) is 0 Å². The highest BCUT2D eigenvalue weighted by molar-refractivity contribution is 6.09. The van der Waals surface area contributed by atoms with E-state index in [1.54, 1.807) is 67.7 Å². The highest BCUT2D eigenvalue weighted by Gasteiger charge is 2.49. The van der Waals surface area contributed by atoms with Crippen molar-refractivity contribution >= 4 is 17.8 Å². The van der Waals surface area contributed by atoms with E-state index in [4.69, 9.17) is 5.73 Å². The van der Waals surface area contributed by atoms with Gasteiger partial charge in [-0.25, -0.2) is 9.79 Å². The van der Waals surface area contributed by atoms with Crippen LogP contribution in [0.3, 0.4) is 0 Å². The number of esters is 1. The van der Waals surface area contributed by atoms with Crippen LogP contribution in [0, 0.1) is 0 Å². The number of halogens is 3. The molecule has 3 aromatic carbocycles. The molecule has 1 aliphatic heterocycles. The number of nitrogens with zero attached hydrogens (tertiary/aromatic N) is 2. The van der Waals surface area contributed by atoms with E-state index in [0.29, 0.717) is 27.8 Å². The molecule has 1 atom stereocenters. The molecule has 1 aliphatic rings. The van der Waals surface area contributed by atoms with E-state index >= 15 is 0 Å². The van der Waals surface area contributed by atoms with E-state index in [9.17, 15) is 22.8 Å². The molecule has 0 aromatic heterocycles. The smallest absolute Gasteiger partial charge is 0.454 e. The number of rotatable bonds is 5. The lowest BCUT2D eigenvalue weighted by Gasteiger charge is -2.26. The van der Waals surface area contributed by atoms with Gasteiger partial charge >= 0.3 is 12.1 Å². The van der Waals surface area contributed by atoms with Gasteiger partial charge in [0.15, 0.2) is 11.5 Å². The average molecular weight is 467 g/mol. The fourth-order valence-electron chi connectivity index (χ4n) is 3.86. The Balaban J connectivity index is 1.72. The fraction of sp³-hybridized carbons (Fsp3) is 0.160. The molecule has 0 saturated heterocycles. The highest BCUT2D eigenvalue weighted by Crippen LogP contribution is 2.40. The molecule has 174 valence electrons. The maximum absolute atomic E-state index is 13.4.